The molecule has 0 spiro atoms. The van der Waals surface area contributed by atoms with E-state index in [0.29, 0.717) is 22.7 Å². The lowest BCUT2D eigenvalue weighted by Crippen LogP contribution is -2.39. The zero-order valence-electron chi connectivity index (χ0n) is 12.8. The molecule has 1 aromatic carbocycles. The number of amides is 1. The number of carbonyl (C=O) groups excluding carboxylic acids is 1. The Kier molecular flexibility index (Phi) is 5.72. The van der Waals surface area contributed by atoms with Crippen LogP contribution in [0.1, 0.15) is 24.2 Å². The lowest BCUT2D eigenvalue weighted by atomic mass is 10.0. The molecule has 1 atom stereocenters. The molecule has 1 aromatic heterocycles. The quantitative estimate of drug-likeness (QED) is 0.714. The Bertz CT molecular complexity index is 667. The Morgan fingerprint density at radius 3 is 2.55 bits per heavy atom. The number of nitrogens with one attached hydrogen (secondary N) is 3. The van der Waals surface area contributed by atoms with Crippen LogP contribution >= 0.6 is 12.2 Å². The molecule has 0 aliphatic heterocycles. The van der Waals surface area contributed by atoms with Crippen molar-refractivity contribution in [2.24, 2.45) is 5.92 Å². The SMILES string of the molecule is CC(C)[C@@H](CNC(=O)c1ccc[nH]c1=S)Nc1ccccc1. The number of rotatable bonds is 6. The summed E-state index contributed by atoms with van der Waals surface area (Å²) >= 11 is 5.13. The molecule has 2 rings (SSSR count). The summed E-state index contributed by atoms with van der Waals surface area (Å²) < 4.78 is 0.456. The molecule has 3 N–H and O–H groups in total. The highest BCUT2D eigenvalue weighted by atomic mass is 32.1. The summed E-state index contributed by atoms with van der Waals surface area (Å²) in [4.78, 5) is 15.1. The van der Waals surface area contributed by atoms with E-state index in [1.807, 2.05) is 30.3 Å². The Morgan fingerprint density at radius 2 is 1.91 bits per heavy atom. The van der Waals surface area contributed by atoms with Crippen LogP contribution in [-0.2, 0) is 0 Å². The van der Waals surface area contributed by atoms with Crippen molar-refractivity contribution in [3.8, 4) is 0 Å². The molecule has 0 aliphatic rings. The van der Waals surface area contributed by atoms with Crippen LogP contribution in [-0.4, -0.2) is 23.5 Å². The van der Waals surface area contributed by atoms with Crippen LogP contribution in [0.25, 0.3) is 0 Å². The second kappa shape index (κ2) is 7.75. The number of aromatic amines is 1. The first-order chi connectivity index (χ1) is 10.6. The van der Waals surface area contributed by atoms with Gasteiger partial charge in [-0.2, -0.15) is 0 Å². The third kappa shape index (κ3) is 4.43. The standard InChI is InChI=1S/C17H21N3OS/c1-12(2)15(20-13-7-4-3-5-8-13)11-19-16(21)14-9-6-10-18-17(14)22/h3-10,12,15,20H,11H2,1-2H3,(H,18,22)(H,19,21)/t15-/m1/s1. The van der Waals surface area contributed by atoms with E-state index in [9.17, 15) is 4.79 Å². The molecule has 116 valence electrons. The van der Waals surface area contributed by atoms with E-state index in [2.05, 4.69) is 29.5 Å². The summed E-state index contributed by atoms with van der Waals surface area (Å²) in [6, 6.07) is 13.6. The molecule has 0 unspecified atom stereocenters. The molecule has 0 bridgehead atoms. The minimum absolute atomic E-state index is 0.146. The number of hydrogen-bond donors (Lipinski definition) is 3. The predicted molar refractivity (Wildman–Crippen MR) is 92.7 cm³/mol. The zero-order valence-corrected chi connectivity index (χ0v) is 13.6. The number of carbonyl (C=O) groups is 1. The Balaban J connectivity index is 1.99. The maximum Gasteiger partial charge on any atom is 0.254 e. The summed E-state index contributed by atoms with van der Waals surface area (Å²) in [5.74, 6) is 0.230. The number of aromatic nitrogens is 1. The van der Waals surface area contributed by atoms with E-state index in [4.69, 9.17) is 12.2 Å². The maximum absolute atomic E-state index is 12.2. The van der Waals surface area contributed by atoms with E-state index in [0.717, 1.165) is 5.69 Å². The van der Waals surface area contributed by atoms with Crippen LogP contribution in [0, 0.1) is 10.6 Å². The number of pyridine rings is 1. The summed E-state index contributed by atoms with van der Waals surface area (Å²) in [6.07, 6.45) is 1.72. The van der Waals surface area contributed by atoms with Gasteiger partial charge in [-0.1, -0.05) is 44.3 Å². The highest BCUT2D eigenvalue weighted by Crippen LogP contribution is 2.12. The molecule has 4 nitrogen and oxygen atoms in total. The summed E-state index contributed by atoms with van der Waals surface area (Å²) in [5, 5.41) is 6.40. The van der Waals surface area contributed by atoms with Crippen LogP contribution in [0.15, 0.2) is 48.7 Å². The number of benzene rings is 1. The highest BCUT2D eigenvalue weighted by molar-refractivity contribution is 7.71. The molecule has 0 saturated carbocycles. The van der Waals surface area contributed by atoms with Crippen molar-refractivity contribution in [1.29, 1.82) is 0 Å². The van der Waals surface area contributed by atoms with Crippen molar-refractivity contribution in [3.05, 3.63) is 58.9 Å². The molecule has 5 heteroatoms. The maximum atomic E-state index is 12.2. The van der Waals surface area contributed by atoms with E-state index in [1.165, 1.54) is 0 Å². The molecular weight excluding hydrogens is 294 g/mol. The van der Waals surface area contributed by atoms with Gasteiger partial charge in [0.05, 0.1) is 5.56 Å². The van der Waals surface area contributed by atoms with Crippen LogP contribution in [0.2, 0.25) is 0 Å². The topological polar surface area (TPSA) is 56.9 Å². The number of hydrogen-bond acceptors (Lipinski definition) is 3. The van der Waals surface area contributed by atoms with Gasteiger partial charge in [0.2, 0.25) is 0 Å². The first-order valence-corrected chi connectivity index (χ1v) is 7.76. The van der Waals surface area contributed by atoms with Gasteiger partial charge in [-0.15, -0.1) is 0 Å². The number of anilines is 1. The summed E-state index contributed by atoms with van der Waals surface area (Å²) in [6.45, 7) is 4.79. The zero-order chi connectivity index (χ0) is 15.9. The minimum atomic E-state index is -0.151. The molecule has 0 fully saturated rings. The van der Waals surface area contributed by atoms with Gasteiger partial charge in [-0.25, -0.2) is 0 Å². The van der Waals surface area contributed by atoms with Gasteiger partial charge in [0.15, 0.2) is 0 Å². The third-order valence-electron chi connectivity index (χ3n) is 3.48. The molecule has 1 heterocycles. The van der Waals surface area contributed by atoms with Gasteiger partial charge in [-0.3, -0.25) is 4.79 Å². The van der Waals surface area contributed by atoms with Crippen molar-refractivity contribution >= 4 is 23.8 Å². The lowest BCUT2D eigenvalue weighted by Gasteiger charge is -2.24. The number of para-hydroxylation sites is 1. The van der Waals surface area contributed by atoms with Gasteiger partial charge in [-0.05, 0) is 30.2 Å². The predicted octanol–water partition coefficient (Wildman–Crippen LogP) is 3.61. The Labute approximate surface area is 136 Å². The first-order valence-electron chi connectivity index (χ1n) is 7.35. The number of H-pyrrole nitrogens is 1. The lowest BCUT2D eigenvalue weighted by molar-refractivity contribution is 0.0949. The van der Waals surface area contributed by atoms with Gasteiger partial charge < -0.3 is 15.6 Å². The summed E-state index contributed by atoms with van der Waals surface area (Å²) in [5.41, 5.74) is 1.55. The fraction of sp³-hybridized carbons (Fsp3) is 0.294. The largest absolute Gasteiger partial charge is 0.380 e. The van der Waals surface area contributed by atoms with Crippen molar-refractivity contribution in [2.75, 3.05) is 11.9 Å². The van der Waals surface area contributed by atoms with E-state index < -0.39 is 0 Å². The van der Waals surface area contributed by atoms with Gasteiger partial charge >= 0.3 is 0 Å². The summed E-state index contributed by atoms with van der Waals surface area (Å²) in [7, 11) is 0. The van der Waals surface area contributed by atoms with Gasteiger partial charge in [0.1, 0.15) is 4.64 Å². The van der Waals surface area contributed by atoms with Crippen LogP contribution in [0.5, 0.6) is 0 Å². The molecule has 1 amide bonds. The average molecular weight is 315 g/mol. The van der Waals surface area contributed by atoms with E-state index in [1.54, 1.807) is 18.3 Å². The van der Waals surface area contributed by atoms with Gasteiger partial charge in [0.25, 0.3) is 5.91 Å². The molecule has 2 aromatic rings. The van der Waals surface area contributed by atoms with Crippen molar-refractivity contribution in [2.45, 2.75) is 19.9 Å². The monoisotopic (exact) mass is 315 g/mol. The van der Waals surface area contributed by atoms with Crippen molar-refractivity contribution in [1.82, 2.24) is 10.3 Å². The van der Waals surface area contributed by atoms with E-state index >= 15 is 0 Å². The first kappa shape index (κ1) is 16.2. The fourth-order valence-electron chi connectivity index (χ4n) is 2.10. The Hall–Kier alpha value is -2.14. The fourth-order valence-corrected chi connectivity index (χ4v) is 2.33. The second-order valence-electron chi connectivity index (χ2n) is 5.48. The van der Waals surface area contributed by atoms with Gasteiger partial charge in [0, 0.05) is 24.5 Å². The molecular formula is C17H21N3OS. The van der Waals surface area contributed by atoms with Crippen LogP contribution in [0.4, 0.5) is 5.69 Å². The normalized spacial score (nSPS) is 12.0. The van der Waals surface area contributed by atoms with Crippen LogP contribution in [0.3, 0.4) is 0 Å². The minimum Gasteiger partial charge on any atom is -0.380 e. The van der Waals surface area contributed by atoms with Crippen molar-refractivity contribution in [3.63, 3.8) is 0 Å². The third-order valence-corrected chi connectivity index (χ3v) is 3.81. The Morgan fingerprint density at radius 1 is 1.18 bits per heavy atom. The molecule has 0 saturated heterocycles. The van der Waals surface area contributed by atoms with Crippen molar-refractivity contribution < 1.29 is 4.79 Å². The molecule has 0 aliphatic carbocycles. The van der Waals surface area contributed by atoms with E-state index in [-0.39, 0.29) is 11.9 Å². The average Bonchev–Trinajstić information content (AvgIpc) is 2.52. The van der Waals surface area contributed by atoms with Crippen LogP contribution < -0.4 is 10.6 Å². The molecule has 22 heavy (non-hydrogen) atoms. The highest BCUT2D eigenvalue weighted by Gasteiger charge is 2.15. The molecule has 0 radical (unpaired) electrons. The second-order valence-corrected chi connectivity index (χ2v) is 5.89. The smallest absolute Gasteiger partial charge is 0.254 e.